The highest BCUT2D eigenvalue weighted by molar-refractivity contribution is 5.38. The van der Waals surface area contributed by atoms with Crippen molar-refractivity contribution < 1.29 is 0 Å². The van der Waals surface area contributed by atoms with Crippen molar-refractivity contribution in [2.24, 2.45) is 5.41 Å². The Hall–Kier alpha value is -0.740. The fraction of sp³-hybridized carbons (Fsp3) is 0.583. The second kappa shape index (κ2) is 3.33. The van der Waals surface area contributed by atoms with Gasteiger partial charge in [0.2, 0.25) is 0 Å². The molecule has 0 nitrogen and oxygen atoms in total. The van der Waals surface area contributed by atoms with Gasteiger partial charge in [-0.25, -0.2) is 0 Å². The van der Waals surface area contributed by atoms with Gasteiger partial charge >= 0.3 is 0 Å². The van der Waals surface area contributed by atoms with Crippen molar-refractivity contribution in [2.45, 2.75) is 40.5 Å². The molecule has 0 saturated carbocycles. The van der Waals surface area contributed by atoms with Crippen molar-refractivity contribution in [1.82, 2.24) is 0 Å². The zero-order chi connectivity index (χ0) is 9.19. The van der Waals surface area contributed by atoms with Crippen LogP contribution in [0.4, 0.5) is 0 Å². The summed E-state index contributed by atoms with van der Waals surface area (Å²) in [7, 11) is 0. The Morgan fingerprint density at radius 3 is 2.33 bits per heavy atom. The predicted octanol–water partition coefficient (Wildman–Crippen LogP) is 3.85. The van der Waals surface area contributed by atoms with E-state index in [0.717, 1.165) is 6.42 Å². The molecule has 0 aliphatic heterocycles. The quantitative estimate of drug-likeness (QED) is 0.541. The van der Waals surface area contributed by atoms with Crippen molar-refractivity contribution in [1.29, 1.82) is 0 Å². The summed E-state index contributed by atoms with van der Waals surface area (Å²) in [6, 6.07) is 0. The van der Waals surface area contributed by atoms with Crippen LogP contribution in [-0.2, 0) is 0 Å². The Balaban J connectivity index is 2.83. The van der Waals surface area contributed by atoms with Crippen LogP contribution in [0.1, 0.15) is 40.5 Å². The average Bonchev–Trinajstić information content (AvgIpc) is 2.35. The van der Waals surface area contributed by atoms with E-state index in [1.54, 1.807) is 0 Å². The first-order valence-electron chi connectivity index (χ1n) is 4.72. The van der Waals surface area contributed by atoms with E-state index in [0.29, 0.717) is 0 Å². The summed E-state index contributed by atoms with van der Waals surface area (Å²) in [6.07, 6.45) is 6.77. The van der Waals surface area contributed by atoms with Crippen LogP contribution in [0.2, 0.25) is 0 Å². The van der Waals surface area contributed by atoms with E-state index in [-0.39, 0.29) is 5.41 Å². The van der Waals surface area contributed by atoms with Crippen molar-refractivity contribution in [2.75, 3.05) is 0 Å². The molecule has 0 aromatic heterocycles. The maximum Gasteiger partial charge on any atom is -0.000352 e. The van der Waals surface area contributed by atoms with Gasteiger partial charge in [0.25, 0.3) is 0 Å². The molecule has 0 radical (unpaired) electrons. The molecule has 0 heteroatoms. The van der Waals surface area contributed by atoms with Crippen molar-refractivity contribution in [3.63, 3.8) is 0 Å². The highest BCUT2D eigenvalue weighted by atomic mass is 14.2. The van der Waals surface area contributed by atoms with E-state index in [9.17, 15) is 0 Å². The minimum Gasteiger partial charge on any atom is -0.113 e. The summed E-state index contributed by atoms with van der Waals surface area (Å²) in [4.78, 5) is 0. The molecular weight excluding hydrogens is 144 g/mol. The van der Waals surface area contributed by atoms with Crippen LogP contribution in [0.3, 0.4) is 0 Å². The van der Waals surface area contributed by atoms with E-state index in [1.165, 1.54) is 17.6 Å². The molecule has 66 valence electrons. The van der Waals surface area contributed by atoms with Gasteiger partial charge in [-0.1, -0.05) is 40.2 Å². The van der Waals surface area contributed by atoms with Crippen LogP contribution in [0, 0.1) is 5.41 Å². The van der Waals surface area contributed by atoms with Gasteiger partial charge < -0.3 is 0 Å². The molecule has 0 heterocycles. The van der Waals surface area contributed by atoms with Gasteiger partial charge in [0.15, 0.2) is 0 Å². The standard InChI is InChI=1S/C12H18/c1-5-6-10-7-8-11(9-10)12(2,3)4/h7-8H,5-6H2,1-4H3. The molecule has 0 amide bonds. The Kier molecular flexibility index (Phi) is 2.59. The maximum atomic E-state index is 3.45. The first-order chi connectivity index (χ1) is 5.54. The molecule has 0 aromatic carbocycles. The highest BCUT2D eigenvalue weighted by Gasteiger charge is 2.16. The lowest BCUT2D eigenvalue weighted by molar-refractivity contribution is 0.519. The lowest BCUT2D eigenvalue weighted by Crippen LogP contribution is -2.05. The molecule has 0 N–H and O–H groups in total. The smallest absolute Gasteiger partial charge is 0.000352 e. The Labute approximate surface area is 75.7 Å². The highest BCUT2D eigenvalue weighted by Crippen LogP contribution is 2.29. The Morgan fingerprint density at radius 1 is 1.25 bits per heavy atom. The zero-order valence-electron chi connectivity index (χ0n) is 8.57. The van der Waals surface area contributed by atoms with E-state index in [4.69, 9.17) is 0 Å². The number of hydrogen-bond donors (Lipinski definition) is 0. The van der Waals surface area contributed by atoms with Crippen LogP contribution in [-0.4, -0.2) is 0 Å². The van der Waals surface area contributed by atoms with Gasteiger partial charge in [-0.3, -0.25) is 0 Å². The SMILES string of the molecule is CCCC1=C=C(C(C)(C)C)C=C1. The van der Waals surface area contributed by atoms with Gasteiger partial charge in [0.1, 0.15) is 0 Å². The third-order valence-electron chi connectivity index (χ3n) is 2.07. The van der Waals surface area contributed by atoms with Crippen LogP contribution in [0.5, 0.6) is 0 Å². The summed E-state index contributed by atoms with van der Waals surface area (Å²) in [6.45, 7) is 8.90. The molecule has 0 atom stereocenters. The largest absolute Gasteiger partial charge is 0.113 e. The molecule has 1 aliphatic carbocycles. The van der Waals surface area contributed by atoms with E-state index < -0.39 is 0 Å². The molecule has 0 fully saturated rings. The molecule has 12 heavy (non-hydrogen) atoms. The fourth-order valence-corrected chi connectivity index (χ4v) is 1.29. The minimum atomic E-state index is 0.256. The summed E-state index contributed by atoms with van der Waals surface area (Å²) in [5.41, 5.74) is 6.41. The normalized spacial score (nSPS) is 16.3. The average molecular weight is 162 g/mol. The Morgan fingerprint density at radius 2 is 1.92 bits per heavy atom. The number of allylic oxidation sites excluding steroid dienone is 3. The van der Waals surface area contributed by atoms with Crippen molar-refractivity contribution >= 4 is 0 Å². The minimum absolute atomic E-state index is 0.256. The van der Waals surface area contributed by atoms with Gasteiger partial charge in [0, 0.05) is 0 Å². The summed E-state index contributed by atoms with van der Waals surface area (Å²) in [5.74, 6) is 0. The molecule has 0 aromatic rings. The molecule has 1 rings (SSSR count). The van der Waals surface area contributed by atoms with E-state index in [1.807, 2.05) is 0 Å². The summed E-state index contributed by atoms with van der Waals surface area (Å²) < 4.78 is 0. The van der Waals surface area contributed by atoms with E-state index >= 15 is 0 Å². The lowest BCUT2D eigenvalue weighted by atomic mass is 9.88. The molecule has 0 bridgehead atoms. The van der Waals surface area contributed by atoms with Crippen LogP contribution >= 0.6 is 0 Å². The summed E-state index contributed by atoms with van der Waals surface area (Å²) >= 11 is 0. The molecular formula is C12H18. The lowest BCUT2D eigenvalue weighted by Gasteiger charge is -2.16. The zero-order valence-corrected chi connectivity index (χ0v) is 8.57. The molecule has 0 spiro atoms. The van der Waals surface area contributed by atoms with Crippen molar-refractivity contribution in [3.05, 3.63) is 29.0 Å². The number of hydrogen-bond acceptors (Lipinski definition) is 0. The molecule has 1 aliphatic rings. The third kappa shape index (κ3) is 2.12. The number of rotatable bonds is 2. The summed E-state index contributed by atoms with van der Waals surface area (Å²) in [5, 5.41) is 0. The van der Waals surface area contributed by atoms with Crippen LogP contribution in [0.25, 0.3) is 0 Å². The van der Waals surface area contributed by atoms with Gasteiger partial charge in [0.05, 0.1) is 0 Å². The second-order valence-corrected chi connectivity index (χ2v) is 4.40. The van der Waals surface area contributed by atoms with Gasteiger partial charge in [-0.15, -0.1) is 5.73 Å². The predicted molar refractivity (Wildman–Crippen MR) is 54.0 cm³/mol. The monoisotopic (exact) mass is 162 g/mol. The second-order valence-electron chi connectivity index (χ2n) is 4.40. The molecule has 0 saturated heterocycles. The first kappa shape index (κ1) is 9.35. The fourth-order valence-electron chi connectivity index (χ4n) is 1.29. The van der Waals surface area contributed by atoms with Crippen molar-refractivity contribution in [3.8, 4) is 0 Å². The van der Waals surface area contributed by atoms with Crippen LogP contribution in [0.15, 0.2) is 29.0 Å². The van der Waals surface area contributed by atoms with E-state index in [2.05, 4.69) is 45.6 Å². The topological polar surface area (TPSA) is 0 Å². The molecule has 0 unspecified atom stereocenters. The Bertz CT molecular complexity index is 252. The van der Waals surface area contributed by atoms with Gasteiger partial charge in [-0.2, -0.15) is 0 Å². The third-order valence-corrected chi connectivity index (χ3v) is 2.07. The first-order valence-corrected chi connectivity index (χ1v) is 4.72. The maximum absolute atomic E-state index is 3.45. The van der Waals surface area contributed by atoms with Gasteiger partial charge in [-0.05, 0) is 29.1 Å². The van der Waals surface area contributed by atoms with Crippen LogP contribution < -0.4 is 0 Å².